The zero-order valence-corrected chi connectivity index (χ0v) is 16.4. The number of aromatic nitrogens is 3. The average Bonchev–Trinajstić information content (AvgIpc) is 2.97. The van der Waals surface area contributed by atoms with Crippen LogP contribution >= 0.6 is 11.3 Å². The van der Waals surface area contributed by atoms with Crippen molar-refractivity contribution in [2.75, 3.05) is 5.32 Å². The number of benzene rings is 1. The van der Waals surface area contributed by atoms with Crippen molar-refractivity contribution < 1.29 is 4.79 Å². The summed E-state index contributed by atoms with van der Waals surface area (Å²) in [5.41, 5.74) is 3.26. The Morgan fingerprint density at radius 2 is 1.92 bits per heavy atom. The Morgan fingerprint density at radius 3 is 2.58 bits per heavy atom. The number of nitrogens with zero attached hydrogens (tertiary/aromatic N) is 3. The number of ketones is 1. The van der Waals surface area contributed by atoms with Gasteiger partial charge in [0, 0.05) is 22.9 Å². The van der Waals surface area contributed by atoms with Crippen LogP contribution in [0.5, 0.6) is 0 Å². The van der Waals surface area contributed by atoms with Crippen molar-refractivity contribution in [1.82, 2.24) is 15.0 Å². The molecule has 0 unspecified atom stereocenters. The third-order valence-corrected chi connectivity index (χ3v) is 5.46. The number of rotatable bonds is 4. The molecule has 0 spiro atoms. The maximum Gasteiger partial charge on any atom is 0.227 e. The fourth-order valence-electron chi connectivity index (χ4n) is 2.45. The van der Waals surface area contributed by atoms with Crippen molar-refractivity contribution in [2.24, 2.45) is 0 Å². The summed E-state index contributed by atoms with van der Waals surface area (Å²) < 4.78 is 0. The first-order valence-corrected chi connectivity index (χ1v) is 9.25. The Morgan fingerprint density at radius 1 is 1.15 bits per heavy atom. The number of carbonyl (C=O) groups is 1. The standard InChI is InChI=1S/C20H22N4OS/c1-12-17(26-18(22-12)20(3,4)5)16-9-10-21-19(24-16)23-15-8-6-7-14(11-15)13(2)25/h6-11H,1-5H3,(H,21,23,24). The molecule has 1 N–H and O–H groups in total. The Bertz CT molecular complexity index is 956. The number of Topliss-reactive ketones (excluding diaryl/α,β-unsaturated/α-hetero) is 1. The third-order valence-electron chi connectivity index (χ3n) is 3.85. The van der Waals surface area contributed by atoms with Gasteiger partial charge in [-0.1, -0.05) is 32.9 Å². The number of aryl methyl sites for hydroxylation is 1. The Kier molecular flexibility index (Phi) is 4.87. The van der Waals surface area contributed by atoms with E-state index in [0.29, 0.717) is 11.5 Å². The summed E-state index contributed by atoms with van der Waals surface area (Å²) in [5, 5.41) is 4.27. The summed E-state index contributed by atoms with van der Waals surface area (Å²) in [4.78, 5) is 26.2. The molecular weight excluding hydrogens is 344 g/mol. The molecule has 0 aliphatic rings. The fraction of sp³-hybridized carbons (Fsp3) is 0.300. The molecule has 5 nitrogen and oxygen atoms in total. The molecule has 0 saturated carbocycles. The van der Waals surface area contributed by atoms with Crippen molar-refractivity contribution in [2.45, 2.75) is 40.0 Å². The van der Waals surface area contributed by atoms with Crippen molar-refractivity contribution in [1.29, 1.82) is 0 Å². The number of hydrogen-bond donors (Lipinski definition) is 1. The second-order valence-corrected chi connectivity index (χ2v) is 8.21. The molecule has 26 heavy (non-hydrogen) atoms. The van der Waals surface area contributed by atoms with Crippen molar-refractivity contribution in [3.63, 3.8) is 0 Å². The first-order valence-electron chi connectivity index (χ1n) is 8.43. The van der Waals surface area contributed by atoms with Crippen molar-refractivity contribution >= 4 is 28.8 Å². The Hall–Kier alpha value is -2.60. The lowest BCUT2D eigenvalue weighted by Crippen LogP contribution is -2.10. The molecule has 3 rings (SSSR count). The highest BCUT2D eigenvalue weighted by molar-refractivity contribution is 7.15. The van der Waals surface area contributed by atoms with Gasteiger partial charge in [-0.25, -0.2) is 15.0 Å². The summed E-state index contributed by atoms with van der Waals surface area (Å²) >= 11 is 1.67. The van der Waals surface area contributed by atoms with E-state index in [9.17, 15) is 4.79 Å². The minimum absolute atomic E-state index is 0.00885. The van der Waals surface area contributed by atoms with Crippen LogP contribution < -0.4 is 5.32 Å². The van der Waals surface area contributed by atoms with Crippen LogP contribution in [-0.2, 0) is 5.41 Å². The van der Waals surface area contributed by atoms with Gasteiger partial charge in [0.15, 0.2) is 5.78 Å². The minimum Gasteiger partial charge on any atom is -0.324 e. The van der Waals surface area contributed by atoms with E-state index in [4.69, 9.17) is 4.98 Å². The quantitative estimate of drug-likeness (QED) is 0.647. The van der Waals surface area contributed by atoms with Gasteiger partial charge in [0.2, 0.25) is 5.95 Å². The topological polar surface area (TPSA) is 67.8 Å². The van der Waals surface area contributed by atoms with Crippen LogP contribution in [-0.4, -0.2) is 20.7 Å². The molecule has 3 aromatic rings. The highest BCUT2D eigenvalue weighted by atomic mass is 32.1. The van der Waals surface area contributed by atoms with Crippen LogP contribution in [0, 0.1) is 6.92 Å². The van der Waals surface area contributed by atoms with Crippen LogP contribution in [0.25, 0.3) is 10.6 Å². The smallest absolute Gasteiger partial charge is 0.227 e. The van der Waals surface area contributed by atoms with E-state index >= 15 is 0 Å². The molecule has 0 atom stereocenters. The maximum absolute atomic E-state index is 11.5. The van der Waals surface area contributed by atoms with Gasteiger partial charge < -0.3 is 5.32 Å². The number of hydrogen-bond acceptors (Lipinski definition) is 6. The van der Waals surface area contributed by atoms with Crippen LogP contribution in [0.4, 0.5) is 11.6 Å². The van der Waals surface area contributed by atoms with Gasteiger partial charge in [0.25, 0.3) is 0 Å². The molecule has 0 aliphatic heterocycles. The average molecular weight is 366 g/mol. The maximum atomic E-state index is 11.5. The molecule has 0 radical (unpaired) electrons. The zero-order chi connectivity index (χ0) is 18.9. The van der Waals surface area contributed by atoms with Crippen LogP contribution in [0.1, 0.15) is 48.8 Å². The van der Waals surface area contributed by atoms with E-state index < -0.39 is 0 Å². The summed E-state index contributed by atoms with van der Waals surface area (Å²) in [6.07, 6.45) is 1.73. The molecule has 0 aliphatic carbocycles. The third kappa shape index (κ3) is 3.96. The predicted molar refractivity (Wildman–Crippen MR) is 106 cm³/mol. The molecule has 2 heterocycles. The van der Waals surface area contributed by atoms with Crippen molar-refractivity contribution in [3.05, 3.63) is 52.8 Å². The molecule has 0 amide bonds. The minimum atomic E-state index is 0.00885. The van der Waals surface area contributed by atoms with E-state index in [0.717, 1.165) is 27.0 Å². The lowest BCUT2D eigenvalue weighted by Gasteiger charge is -2.13. The van der Waals surface area contributed by atoms with Gasteiger partial charge in [-0.05, 0) is 32.0 Å². The fourth-order valence-corrected chi connectivity index (χ4v) is 3.54. The normalized spacial score (nSPS) is 11.4. The van der Waals surface area contributed by atoms with Crippen molar-refractivity contribution in [3.8, 4) is 10.6 Å². The molecule has 0 saturated heterocycles. The van der Waals surface area contributed by atoms with E-state index in [1.165, 1.54) is 0 Å². The summed E-state index contributed by atoms with van der Waals surface area (Å²) in [5.74, 6) is 0.520. The Balaban J connectivity index is 1.91. The van der Waals surface area contributed by atoms with Gasteiger partial charge in [-0.2, -0.15) is 0 Å². The molecule has 2 aromatic heterocycles. The molecule has 1 aromatic carbocycles. The van der Waals surface area contributed by atoms with E-state index in [1.54, 1.807) is 36.6 Å². The first kappa shape index (κ1) is 18.2. The van der Waals surface area contributed by atoms with Crippen LogP contribution in [0.3, 0.4) is 0 Å². The summed E-state index contributed by atoms with van der Waals surface area (Å²) in [6.45, 7) is 10.0. The zero-order valence-electron chi connectivity index (χ0n) is 15.6. The SMILES string of the molecule is CC(=O)c1cccc(Nc2nccc(-c3sc(C(C)(C)C)nc3C)n2)c1. The molecule has 0 bridgehead atoms. The predicted octanol–water partition coefficient (Wildman–Crippen LogP) is 5.15. The number of nitrogens with one attached hydrogen (secondary N) is 1. The molecule has 6 heteroatoms. The number of carbonyl (C=O) groups excluding carboxylic acids is 1. The molecule has 0 fully saturated rings. The molecular formula is C20H22N4OS. The van der Waals surface area contributed by atoms with E-state index in [1.807, 2.05) is 25.1 Å². The van der Waals surface area contributed by atoms with Gasteiger partial charge >= 0.3 is 0 Å². The highest BCUT2D eigenvalue weighted by Crippen LogP contribution is 2.35. The second-order valence-electron chi connectivity index (χ2n) is 7.21. The monoisotopic (exact) mass is 366 g/mol. The van der Waals surface area contributed by atoms with E-state index in [2.05, 4.69) is 36.1 Å². The number of thiazole rings is 1. The van der Waals surface area contributed by atoms with Crippen LogP contribution in [0.15, 0.2) is 36.5 Å². The summed E-state index contributed by atoms with van der Waals surface area (Å²) in [7, 11) is 0. The van der Waals surface area contributed by atoms with Crippen LogP contribution in [0.2, 0.25) is 0 Å². The van der Waals surface area contributed by atoms with E-state index in [-0.39, 0.29) is 11.2 Å². The largest absolute Gasteiger partial charge is 0.324 e. The number of anilines is 2. The lowest BCUT2D eigenvalue weighted by atomic mass is 9.98. The second kappa shape index (κ2) is 6.96. The van der Waals surface area contributed by atoms with Gasteiger partial charge in [-0.15, -0.1) is 11.3 Å². The Labute approximate surface area is 157 Å². The van der Waals surface area contributed by atoms with Gasteiger partial charge in [-0.3, -0.25) is 4.79 Å². The lowest BCUT2D eigenvalue weighted by molar-refractivity contribution is 0.101. The van der Waals surface area contributed by atoms with Gasteiger partial charge in [0.05, 0.1) is 21.3 Å². The highest BCUT2D eigenvalue weighted by Gasteiger charge is 2.21. The molecule has 134 valence electrons. The summed E-state index contributed by atoms with van der Waals surface area (Å²) in [6, 6.07) is 9.21. The van der Waals surface area contributed by atoms with Gasteiger partial charge in [0.1, 0.15) is 0 Å². The first-order chi connectivity index (χ1) is 12.2.